The molecule has 0 unspecified atom stereocenters. The molecule has 302 valence electrons. The van der Waals surface area contributed by atoms with E-state index in [0.29, 0.717) is 17.8 Å². The molecule has 0 bridgehead atoms. The van der Waals surface area contributed by atoms with E-state index < -0.39 is 69.6 Å². The van der Waals surface area contributed by atoms with E-state index >= 15 is 0 Å². The number of hydrogen-bond donors (Lipinski definition) is 0. The summed E-state index contributed by atoms with van der Waals surface area (Å²) in [6, 6.07) is 11.2. The van der Waals surface area contributed by atoms with Crippen LogP contribution in [0.5, 0.6) is 0 Å². The molecule has 0 aliphatic heterocycles. The first-order chi connectivity index (χ1) is 23.5. The first kappa shape index (κ1) is 53.6. The van der Waals surface area contributed by atoms with Gasteiger partial charge in [0.2, 0.25) is 0 Å². The minimum absolute atomic E-state index is 0.552. The Bertz CT molecular complexity index is 1360. The van der Waals surface area contributed by atoms with Crippen LogP contribution >= 0.6 is 0 Å². The summed E-state index contributed by atoms with van der Waals surface area (Å²) in [6.07, 6.45) is 0. The fourth-order valence-electron chi connectivity index (χ4n) is 10.5. The van der Waals surface area contributed by atoms with Crippen LogP contribution in [0.3, 0.4) is 0 Å². The van der Waals surface area contributed by atoms with Crippen molar-refractivity contribution in [1.29, 1.82) is 0 Å². The molecule has 2 aromatic rings. The second-order valence-corrected chi connectivity index (χ2v) is 79.5. The van der Waals surface area contributed by atoms with Crippen LogP contribution in [-0.4, -0.2) is 121 Å². The van der Waals surface area contributed by atoms with Crippen molar-refractivity contribution in [2.24, 2.45) is 0 Å². The number of benzene rings is 2. The second-order valence-electron chi connectivity index (χ2n) is 23.4. The fourth-order valence-corrected chi connectivity index (χ4v) is 55.9. The summed E-state index contributed by atoms with van der Waals surface area (Å²) < 4.78 is 3.78. The average molecular weight is 1190 g/mol. The van der Waals surface area contributed by atoms with Gasteiger partial charge < -0.3 is 0 Å². The van der Waals surface area contributed by atoms with Crippen molar-refractivity contribution in [1.82, 2.24) is 0 Å². The third-order valence-electron chi connectivity index (χ3n) is 10.8. The van der Waals surface area contributed by atoms with Crippen LogP contribution in [0.15, 0.2) is 24.3 Å². The molecule has 11 heteroatoms. The molecule has 2 aromatic carbocycles. The van der Waals surface area contributed by atoms with Gasteiger partial charge in [-0.15, -0.1) is 0 Å². The van der Waals surface area contributed by atoms with E-state index in [1.807, 2.05) is 18.3 Å². The zero-order chi connectivity index (χ0) is 42.0. The Labute approximate surface area is 373 Å². The van der Waals surface area contributed by atoms with Crippen molar-refractivity contribution in [3.63, 3.8) is 0 Å². The van der Waals surface area contributed by atoms with Crippen molar-refractivity contribution in [3.8, 4) is 0 Å². The Morgan fingerprint density at radius 2 is 0.623 bits per heavy atom. The molecule has 53 heavy (non-hydrogen) atoms. The molecule has 0 N–H and O–H groups in total. The van der Waals surface area contributed by atoms with Crippen molar-refractivity contribution < 1.29 is 0 Å². The van der Waals surface area contributed by atoms with Gasteiger partial charge in [-0.1, -0.05) is 0 Å². The summed E-state index contributed by atoms with van der Waals surface area (Å²) in [7, 11) is -9.28. The molecule has 0 atom stereocenters. The molecule has 2 rings (SSSR count). The van der Waals surface area contributed by atoms with Crippen LogP contribution < -0.4 is 7.16 Å². The monoisotopic (exact) mass is 1190 g/mol. The third kappa shape index (κ3) is 15.2. The molecule has 0 spiro atoms. The van der Waals surface area contributed by atoms with Crippen molar-refractivity contribution >= 4 is 128 Å². The Kier molecular flexibility index (Phi) is 20.7. The number of rotatable bonds is 15. The standard InChI is InChI=1S/C27H59Si6.C15H23.Se4.Sn/c1-28(2,3)25(29(4,5)6)22-19-23(26(30(7,8)9)31(10,11)12)21-24(20-22)27(32(13,14)15)33(16,17)18;1-10(2)13-7-14(11(3)4)9-15(8-13)12(5)6;1-3-4-2;/h19-20,25-27H,1-18H3;7-8,10-12H,1-6H3;;. The fraction of sp³-hybridized carbons (Fsp3) is 0.714. The Morgan fingerprint density at radius 3 is 0.830 bits per heavy atom. The van der Waals surface area contributed by atoms with Gasteiger partial charge in [-0.25, -0.2) is 0 Å². The first-order valence-electron chi connectivity index (χ1n) is 20.2. The third-order valence-corrected chi connectivity index (χ3v) is 63.6. The van der Waals surface area contributed by atoms with E-state index in [1.165, 1.54) is 0 Å². The maximum atomic E-state index is 2.95. The Hall–Kier alpha value is 2.62. The van der Waals surface area contributed by atoms with E-state index in [9.17, 15) is 0 Å². The van der Waals surface area contributed by atoms with Gasteiger partial charge in [0.15, 0.2) is 0 Å². The molecule has 0 aromatic heterocycles. The summed E-state index contributed by atoms with van der Waals surface area (Å²) in [5, 5.41) is 2.30. The van der Waals surface area contributed by atoms with Gasteiger partial charge in [0.25, 0.3) is 0 Å². The maximum absolute atomic E-state index is 2.95. The normalized spacial score (nSPS) is 14.0. The van der Waals surface area contributed by atoms with E-state index in [1.54, 1.807) is 22.3 Å². The summed E-state index contributed by atoms with van der Waals surface area (Å²) in [5.41, 5.74) is 10.5. The van der Waals surface area contributed by atoms with Gasteiger partial charge in [-0.2, -0.15) is 0 Å². The topological polar surface area (TPSA) is 0 Å². The zero-order valence-corrected chi connectivity index (χ0v) is 54.6. The van der Waals surface area contributed by atoms with Gasteiger partial charge in [-0.3, -0.25) is 0 Å². The molecule has 0 fully saturated rings. The van der Waals surface area contributed by atoms with Crippen molar-refractivity contribution in [3.05, 3.63) is 57.6 Å². The van der Waals surface area contributed by atoms with Crippen molar-refractivity contribution in [2.45, 2.75) is 193 Å². The van der Waals surface area contributed by atoms with Gasteiger partial charge in [0, 0.05) is 0 Å². The Morgan fingerprint density at radius 1 is 0.377 bits per heavy atom. The summed E-state index contributed by atoms with van der Waals surface area (Å²) in [4.78, 5) is 0. The molecular formula is C42H82Se4Si6Sn. The second kappa shape index (κ2) is 20.5. The van der Waals surface area contributed by atoms with Crippen LogP contribution in [0.1, 0.15) is 108 Å². The van der Waals surface area contributed by atoms with Gasteiger partial charge >= 0.3 is 378 Å². The minimum atomic E-state index is -1.57. The predicted molar refractivity (Wildman–Crippen MR) is 271 cm³/mol. The van der Waals surface area contributed by atoms with Gasteiger partial charge in [-0.05, 0) is 0 Å². The van der Waals surface area contributed by atoms with E-state index in [4.69, 9.17) is 0 Å². The molecule has 0 saturated carbocycles. The molecule has 4 radical (unpaired) electrons. The van der Waals surface area contributed by atoms with Gasteiger partial charge in [0.1, 0.15) is 0 Å². The molecule has 0 saturated heterocycles. The number of hydrogen-bond acceptors (Lipinski definition) is 0. The predicted octanol–water partition coefficient (Wildman–Crippen LogP) is 11.7. The molecule has 0 amide bonds. The first-order valence-corrected chi connectivity index (χ1v) is 57.6. The molecular weight excluding hydrogens is 1110 g/mol. The Balaban J connectivity index is 0.00000333. The summed E-state index contributed by atoms with van der Waals surface area (Å²) >= 11 is 6.29. The summed E-state index contributed by atoms with van der Waals surface area (Å²) in [5.74, 6) is 1.67. The molecule has 0 heterocycles. The van der Waals surface area contributed by atoms with E-state index in [0.717, 1.165) is 38.1 Å². The van der Waals surface area contributed by atoms with Crippen molar-refractivity contribution in [2.75, 3.05) is 0 Å². The molecule has 0 aliphatic rings. The zero-order valence-electron chi connectivity index (χ0n) is 38.9. The quantitative estimate of drug-likeness (QED) is 0.156. The van der Waals surface area contributed by atoms with Crippen LogP contribution in [0.2, 0.25) is 118 Å². The van der Waals surface area contributed by atoms with Crippen LogP contribution in [0, 0.1) is 0 Å². The SMILES string of the molecule is CC(C)c1cc(C(C)C)[c]([Sn][c]2c(C([Si](C)(C)C)[Si](C)(C)C)cc(C([Si](C)(C)C)[Si](C)(C)C)cc2C([Si](C)(C)C)[Si](C)(C)C)c(C(C)C)c1.[Se][Se][Se][Se]. The van der Waals surface area contributed by atoms with Crippen LogP contribution in [0.25, 0.3) is 0 Å². The van der Waals surface area contributed by atoms with Crippen LogP contribution in [-0.2, 0) is 0 Å². The van der Waals surface area contributed by atoms with E-state index in [-0.39, 0.29) is 0 Å². The average Bonchev–Trinajstić information content (AvgIpc) is 2.89. The van der Waals surface area contributed by atoms with Gasteiger partial charge in [0.05, 0.1) is 0 Å². The molecule has 0 aliphatic carbocycles. The summed E-state index contributed by atoms with van der Waals surface area (Å²) in [6.45, 7) is 63.4. The molecule has 0 nitrogen and oxygen atoms in total. The van der Waals surface area contributed by atoms with E-state index in [2.05, 4.69) is 212 Å². The van der Waals surface area contributed by atoms with Crippen LogP contribution in [0.4, 0.5) is 0 Å².